The molecule has 34 heavy (non-hydrogen) atoms. The van der Waals surface area contributed by atoms with Crippen molar-refractivity contribution in [2.45, 2.75) is 50.2 Å². The Morgan fingerprint density at radius 3 is 2.62 bits per heavy atom. The first kappa shape index (κ1) is 22.6. The molecule has 0 N–H and O–H groups in total. The maximum atomic E-state index is 12.8. The molecule has 1 aromatic heterocycles. The van der Waals surface area contributed by atoms with Gasteiger partial charge in [0.05, 0.1) is 10.5 Å². The molecule has 0 bridgehead atoms. The van der Waals surface area contributed by atoms with Crippen LogP contribution in [-0.4, -0.2) is 43.0 Å². The van der Waals surface area contributed by atoms with Gasteiger partial charge in [0, 0.05) is 31.1 Å². The van der Waals surface area contributed by atoms with Crippen molar-refractivity contribution in [2.75, 3.05) is 13.1 Å². The smallest absolute Gasteiger partial charge is 0.338 e. The van der Waals surface area contributed by atoms with Crippen LogP contribution in [0.15, 0.2) is 57.9 Å². The molecular weight excluding hydrogens is 456 g/mol. The maximum absolute atomic E-state index is 12.8. The van der Waals surface area contributed by atoms with Crippen LogP contribution in [0.1, 0.15) is 47.8 Å². The Balaban J connectivity index is 1.21. The van der Waals surface area contributed by atoms with Crippen LogP contribution in [0.3, 0.4) is 0 Å². The predicted octanol–water partition coefficient (Wildman–Crippen LogP) is 4.20. The number of piperidine rings is 1. The molecule has 0 aliphatic carbocycles. The molecule has 0 amide bonds. The van der Waals surface area contributed by atoms with E-state index in [1.54, 1.807) is 6.07 Å². The zero-order valence-corrected chi connectivity index (χ0v) is 19.7. The summed E-state index contributed by atoms with van der Waals surface area (Å²) in [5.41, 5.74) is 2.76. The molecule has 1 saturated heterocycles. The van der Waals surface area contributed by atoms with E-state index in [0.29, 0.717) is 24.5 Å². The molecule has 0 spiro atoms. The van der Waals surface area contributed by atoms with Crippen LogP contribution in [0.2, 0.25) is 0 Å². The van der Waals surface area contributed by atoms with Crippen molar-refractivity contribution < 1.29 is 27.2 Å². The van der Waals surface area contributed by atoms with E-state index in [9.17, 15) is 13.2 Å². The number of esters is 1. The monoisotopic (exact) mass is 482 g/mol. The van der Waals surface area contributed by atoms with Crippen LogP contribution in [0.4, 0.5) is 0 Å². The van der Waals surface area contributed by atoms with Gasteiger partial charge in [0.1, 0.15) is 24.2 Å². The van der Waals surface area contributed by atoms with Crippen LogP contribution in [0, 0.1) is 0 Å². The minimum atomic E-state index is -3.54. The van der Waals surface area contributed by atoms with Crippen molar-refractivity contribution in [3.8, 4) is 17.1 Å². The largest absolute Gasteiger partial charge is 0.490 e. The fraction of sp³-hybridized carbons (Fsp3) is 0.360. The molecule has 3 heterocycles. The number of ether oxygens (including phenoxy) is 2. The van der Waals surface area contributed by atoms with E-state index in [2.05, 4.69) is 5.16 Å². The maximum Gasteiger partial charge on any atom is 0.338 e. The van der Waals surface area contributed by atoms with Gasteiger partial charge >= 0.3 is 5.97 Å². The number of carbonyl (C=O) groups is 1. The molecule has 0 saturated carbocycles. The van der Waals surface area contributed by atoms with E-state index >= 15 is 0 Å². The Bertz CT molecular complexity index is 1290. The normalized spacial score (nSPS) is 18.3. The highest BCUT2D eigenvalue weighted by Crippen LogP contribution is 2.33. The topological polar surface area (TPSA) is 98.9 Å². The molecule has 9 heteroatoms. The molecule has 3 aromatic rings. The van der Waals surface area contributed by atoms with Crippen molar-refractivity contribution in [3.63, 3.8) is 0 Å². The van der Waals surface area contributed by atoms with Gasteiger partial charge < -0.3 is 14.0 Å². The summed E-state index contributed by atoms with van der Waals surface area (Å²) in [5, 5.41) is 4.00. The summed E-state index contributed by atoms with van der Waals surface area (Å²) in [6.45, 7) is 3.04. The minimum Gasteiger partial charge on any atom is -0.490 e. The molecule has 1 atom stereocenters. The Labute approximate surface area is 198 Å². The average molecular weight is 483 g/mol. The first-order chi connectivity index (χ1) is 16.4. The lowest BCUT2D eigenvalue weighted by molar-refractivity contribution is 0.0464. The Hall–Kier alpha value is -3.17. The second-order valence-electron chi connectivity index (χ2n) is 8.70. The van der Waals surface area contributed by atoms with E-state index in [0.717, 1.165) is 42.6 Å². The summed E-state index contributed by atoms with van der Waals surface area (Å²) in [4.78, 5) is 12.6. The minimum absolute atomic E-state index is 0.0543. The molecule has 178 valence electrons. The van der Waals surface area contributed by atoms with E-state index in [1.807, 2.05) is 25.1 Å². The van der Waals surface area contributed by atoms with Crippen LogP contribution in [0.25, 0.3) is 11.3 Å². The number of carbonyl (C=O) groups excluding carboxylic acids is 1. The second kappa shape index (κ2) is 9.23. The Morgan fingerprint density at radius 2 is 1.85 bits per heavy atom. The molecule has 0 radical (unpaired) electrons. The quantitative estimate of drug-likeness (QED) is 0.486. The number of nitrogens with zero attached hydrogens (tertiary/aromatic N) is 2. The standard InChI is InChI=1S/C25H26N2O6S/c1-17-13-20-14-19(7-10-23(20)32-17)24-15-21(26-33-24)16-31-25(28)18-5-8-22(9-6-18)34(29,30)27-11-3-2-4-12-27/h5-10,14-15,17H,2-4,11-13,16H2,1H3. The van der Waals surface area contributed by atoms with Crippen LogP contribution >= 0.6 is 0 Å². The van der Waals surface area contributed by atoms with Crippen LogP contribution in [-0.2, 0) is 27.8 Å². The van der Waals surface area contributed by atoms with Crippen molar-refractivity contribution in [3.05, 3.63) is 65.4 Å². The molecule has 1 unspecified atom stereocenters. The lowest BCUT2D eigenvalue weighted by Crippen LogP contribution is -2.35. The molecule has 1 fully saturated rings. The highest BCUT2D eigenvalue weighted by atomic mass is 32.2. The summed E-state index contributed by atoms with van der Waals surface area (Å²) < 4.78 is 43.5. The van der Waals surface area contributed by atoms with Gasteiger partial charge in [-0.3, -0.25) is 0 Å². The van der Waals surface area contributed by atoms with Crippen molar-refractivity contribution in [2.24, 2.45) is 0 Å². The van der Waals surface area contributed by atoms with E-state index in [1.165, 1.54) is 28.6 Å². The van der Waals surface area contributed by atoms with Gasteiger partial charge in [-0.05, 0) is 67.8 Å². The number of rotatable bonds is 6. The third kappa shape index (κ3) is 4.58. The summed E-state index contributed by atoms with van der Waals surface area (Å²) in [6, 6.07) is 13.4. The van der Waals surface area contributed by atoms with E-state index in [4.69, 9.17) is 14.0 Å². The lowest BCUT2D eigenvalue weighted by atomic mass is 10.1. The first-order valence-electron chi connectivity index (χ1n) is 11.4. The van der Waals surface area contributed by atoms with Crippen LogP contribution in [0.5, 0.6) is 5.75 Å². The number of fused-ring (bicyclic) bond motifs is 1. The summed E-state index contributed by atoms with van der Waals surface area (Å²) in [7, 11) is -3.54. The molecule has 2 aliphatic rings. The van der Waals surface area contributed by atoms with E-state index < -0.39 is 16.0 Å². The predicted molar refractivity (Wildman–Crippen MR) is 124 cm³/mol. The highest BCUT2D eigenvalue weighted by Gasteiger charge is 2.26. The fourth-order valence-electron chi connectivity index (χ4n) is 4.33. The summed E-state index contributed by atoms with van der Waals surface area (Å²) >= 11 is 0. The Morgan fingerprint density at radius 1 is 1.09 bits per heavy atom. The van der Waals surface area contributed by atoms with Crippen molar-refractivity contribution in [1.82, 2.24) is 9.46 Å². The highest BCUT2D eigenvalue weighted by molar-refractivity contribution is 7.89. The molecule has 5 rings (SSSR count). The first-order valence-corrected chi connectivity index (χ1v) is 12.9. The molecule has 8 nitrogen and oxygen atoms in total. The Kier molecular flexibility index (Phi) is 6.14. The van der Waals surface area contributed by atoms with Gasteiger partial charge in [-0.1, -0.05) is 11.6 Å². The number of hydrogen-bond donors (Lipinski definition) is 0. The SMILES string of the molecule is CC1Cc2cc(-c3cc(COC(=O)c4ccc(S(=O)(=O)N5CCCCC5)cc4)no3)ccc2O1. The molecule has 2 aliphatic heterocycles. The number of benzene rings is 2. The fourth-order valence-corrected chi connectivity index (χ4v) is 5.85. The van der Waals surface area contributed by atoms with E-state index in [-0.39, 0.29) is 23.2 Å². The third-order valence-electron chi connectivity index (χ3n) is 6.13. The number of aromatic nitrogens is 1. The van der Waals surface area contributed by atoms with Gasteiger partial charge in [0.2, 0.25) is 10.0 Å². The third-order valence-corrected chi connectivity index (χ3v) is 8.05. The van der Waals surface area contributed by atoms with Crippen LogP contribution < -0.4 is 4.74 Å². The second-order valence-corrected chi connectivity index (χ2v) is 10.6. The number of hydrogen-bond acceptors (Lipinski definition) is 7. The average Bonchev–Trinajstić information content (AvgIpc) is 3.48. The molecule has 2 aromatic carbocycles. The summed E-state index contributed by atoms with van der Waals surface area (Å²) in [5.74, 6) is 0.912. The van der Waals surface area contributed by atoms with Gasteiger partial charge in [-0.25, -0.2) is 13.2 Å². The van der Waals surface area contributed by atoms with Gasteiger partial charge in [-0.15, -0.1) is 0 Å². The zero-order valence-electron chi connectivity index (χ0n) is 18.9. The van der Waals surface area contributed by atoms with Gasteiger partial charge in [0.15, 0.2) is 5.76 Å². The van der Waals surface area contributed by atoms with Gasteiger partial charge in [0.25, 0.3) is 0 Å². The zero-order chi connectivity index (χ0) is 23.7. The number of sulfonamides is 1. The molecular formula is C25H26N2O6S. The van der Waals surface area contributed by atoms with Gasteiger partial charge in [-0.2, -0.15) is 4.31 Å². The van der Waals surface area contributed by atoms with Crippen molar-refractivity contribution in [1.29, 1.82) is 0 Å². The van der Waals surface area contributed by atoms with Crippen molar-refractivity contribution >= 4 is 16.0 Å². The lowest BCUT2D eigenvalue weighted by Gasteiger charge is -2.25. The summed E-state index contributed by atoms with van der Waals surface area (Å²) in [6.07, 6.45) is 3.79.